The van der Waals surface area contributed by atoms with Crippen LogP contribution >= 0.6 is 0 Å². The minimum Gasteiger partial charge on any atom is -0.458 e. The number of amides is 5. The summed E-state index contributed by atoms with van der Waals surface area (Å²) in [7, 11) is 0. The zero-order valence-electron chi connectivity index (χ0n) is 24.8. The number of likely N-dealkylation sites (tertiary alicyclic amines) is 1. The second-order valence-electron chi connectivity index (χ2n) is 12.3. The average molecular weight is 588 g/mol. The third kappa shape index (κ3) is 6.09. The molecular formula is C33H37N3O7. The first-order valence-corrected chi connectivity index (χ1v) is 14.9. The molecule has 0 bridgehead atoms. The van der Waals surface area contributed by atoms with Gasteiger partial charge in [-0.3, -0.25) is 33.8 Å². The van der Waals surface area contributed by atoms with Crippen LogP contribution in [0.1, 0.15) is 101 Å². The van der Waals surface area contributed by atoms with Gasteiger partial charge in [0.25, 0.3) is 23.6 Å². The van der Waals surface area contributed by atoms with E-state index in [0.717, 1.165) is 0 Å². The minimum absolute atomic E-state index is 0.157. The number of nitrogens with zero attached hydrogens (tertiary/aromatic N) is 3. The smallest absolute Gasteiger partial charge is 0.329 e. The molecule has 0 aromatic heterocycles. The van der Waals surface area contributed by atoms with Crippen molar-refractivity contribution in [1.29, 1.82) is 0 Å². The molecule has 43 heavy (non-hydrogen) atoms. The average Bonchev–Trinajstić information content (AvgIpc) is 3.63. The van der Waals surface area contributed by atoms with E-state index in [-0.39, 0.29) is 42.6 Å². The highest BCUT2D eigenvalue weighted by atomic mass is 16.6. The number of carbonyl (C=O) groups is 6. The van der Waals surface area contributed by atoms with Crippen LogP contribution in [-0.2, 0) is 14.3 Å². The summed E-state index contributed by atoms with van der Waals surface area (Å²) in [5.74, 6) is -2.56. The summed E-state index contributed by atoms with van der Waals surface area (Å²) < 4.78 is 5.59. The fourth-order valence-electron chi connectivity index (χ4n) is 6.15. The topological polar surface area (TPSA) is 121 Å². The number of fused-ring (bicyclic) bond motifs is 2. The second-order valence-corrected chi connectivity index (χ2v) is 12.3. The number of carbonyl (C=O) groups excluding carboxylic acids is 6. The molecule has 1 unspecified atom stereocenters. The van der Waals surface area contributed by atoms with Crippen molar-refractivity contribution in [3.8, 4) is 0 Å². The summed E-state index contributed by atoms with van der Waals surface area (Å²) in [6.07, 6.45) is 2.70. The van der Waals surface area contributed by atoms with E-state index in [1.165, 1.54) is 9.80 Å². The molecule has 1 fully saturated rings. The third-order valence-corrected chi connectivity index (χ3v) is 8.19. The Hall–Kier alpha value is -4.34. The Labute approximate surface area is 250 Å². The molecule has 3 aliphatic heterocycles. The normalized spacial score (nSPS) is 18.1. The predicted molar refractivity (Wildman–Crippen MR) is 156 cm³/mol. The van der Waals surface area contributed by atoms with Crippen molar-refractivity contribution in [3.05, 3.63) is 70.8 Å². The number of hydrogen-bond donors (Lipinski definition) is 0. The molecule has 226 valence electrons. The van der Waals surface area contributed by atoms with Crippen molar-refractivity contribution >= 4 is 35.5 Å². The van der Waals surface area contributed by atoms with Crippen molar-refractivity contribution < 1.29 is 33.5 Å². The number of imide groups is 2. The Bertz CT molecular complexity index is 1330. The molecule has 3 heterocycles. The Balaban J connectivity index is 1.26. The van der Waals surface area contributed by atoms with Gasteiger partial charge >= 0.3 is 5.97 Å². The number of hydrogen-bond acceptors (Lipinski definition) is 7. The van der Waals surface area contributed by atoms with E-state index >= 15 is 0 Å². The highest BCUT2D eigenvalue weighted by Gasteiger charge is 2.40. The molecule has 2 aromatic carbocycles. The van der Waals surface area contributed by atoms with E-state index in [1.54, 1.807) is 74.2 Å². The van der Waals surface area contributed by atoms with Crippen molar-refractivity contribution in [1.82, 2.24) is 14.7 Å². The van der Waals surface area contributed by atoms with Crippen molar-refractivity contribution in [2.45, 2.75) is 70.9 Å². The molecule has 5 rings (SSSR count). The summed E-state index contributed by atoms with van der Waals surface area (Å²) in [5.41, 5.74) is 0.806. The quantitative estimate of drug-likeness (QED) is 0.303. The van der Waals surface area contributed by atoms with Gasteiger partial charge in [-0.1, -0.05) is 24.3 Å². The van der Waals surface area contributed by atoms with Gasteiger partial charge in [0.05, 0.1) is 22.3 Å². The molecule has 0 aliphatic carbocycles. The molecule has 10 nitrogen and oxygen atoms in total. The van der Waals surface area contributed by atoms with Crippen LogP contribution < -0.4 is 0 Å². The SMILES string of the molecule is CC(C)(C)OC(=O)C1CCCN1C(=O)C(CCCN1C(=O)c2ccccc2C1=O)CCCN1C(=O)c2ccccc2C1=O. The van der Waals surface area contributed by atoms with E-state index in [9.17, 15) is 28.8 Å². The number of esters is 1. The van der Waals surface area contributed by atoms with Crippen molar-refractivity contribution in [2.75, 3.05) is 19.6 Å². The van der Waals surface area contributed by atoms with Gasteiger partial charge in [0, 0.05) is 25.6 Å². The number of rotatable bonds is 10. The maximum atomic E-state index is 13.9. The van der Waals surface area contributed by atoms with Crippen molar-refractivity contribution in [3.63, 3.8) is 0 Å². The van der Waals surface area contributed by atoms with E-state index in [1.807, 2.05) is 0 Å². The highest BCUT2D eigenvalue weighted by molar-refractivity contribution is 6.22. The minimum atomic E-state index is -0.688. The molecule has 1 atom stereocenters. The molecule has 0 N–H and O–H groups in total. The highest BCUT2D eigenvalue weighted by Crippen LogP contribution is 2.29. The predicted octanol–water partition coefficient (Wildman–Crippen LogP) is 4.09. The van der Waals surface area contributed by atoms with Gasteiger partial charge in [-0.25, -0.2) is 4.79 Å². The largest absolute Gasteiger partial charge is 0.458 e. The Morgan fingerprint density at radius 1 is 0.767 bits per heavy atom. The fraction of sp³-hybridized carbons (Fsp3) is 0.455. The lowest BCUT2D eigenvalue weighted by molar-refractivity contribution is -0.164. The molecule has 3 aliphatic rings. The molecule has 0 radical (unpaired) electrons. The Morgan fingerprint density at radius 2 is 1.19 bits per heavy atom. The van der Waals surface area contributed by atoms with E-state index < -0.39 is 23.5 Å². The first-order valence-electron chi connectivity index (χ1n) is 14.9. The summed E-state index contributed by atoms with van der Waals surface area (Å²) in [5, 5.41) is 0. The van der Waals surface area contributed by atoms with Crippen molar-refractivity contribution in [2.24, 2.45) is 5.92 Å². The number of benzene rings is 2. The fourth-order valence-corrected chi connectivity index (χ4v) is 6.15. The summed E-state index contributed by atoms with van der Waals surface area (Å²) in [6, 6.07) is 12.7. The second kappa shape index (κ2) is 12.1. The van der Waals surface area contributed by atoms with Crippen LogP contribution in [0.25, 0.3) is 0 Å². The maximum absolute atomic E-state index is 13.9. The molecular weight excluding hydrogens is 550 g/mol. The lowest BCUT2D eigenvalue weighted by Crippen LogP contribution is -2.46. The molecule has 2 aromatic rings. The summed E-state index contributed by atoms with van der Waals surface area (Å²) in [6.45, 7) is 6.10. The van der Waals surface area contributed by atoms with E-state index in [2.05, 4.69) is 0 Å². The molecule has 0 spiro atoms. The van der Waals surface area contributed by atoms with Crippen LogP contribution in [0.4, 0.5) is 0 Å². The molecule has 5 amide bonds. The van der Waals surface area contributed by atoms with Crippen LogP contribution in [0.3, 0.4) is 0 Å². The van der Waals surface area contributed by atoms with Gasteiger partial charge in [0.1, 0.15) is 11.6 Å². The maximum Gasteiger partial charge on any atom is 0.329 e. The standard InChI is InChI=1S/C33H37N3O7/c1-33(2,3)43-32(42)26-17-10-18-34(26)27(37)21(11-8-19-35-28(38)22-13-4-5-14-23(22)29(35)39)12-9-20-36-30(40)24-15-6-7-16-25(24)31(36)41/h4-7,13-16,21,26H,8-12,17-20H2,1-3H3. The van der Waals surface area contributed by atoms with Gasteiger partial charge < -0.3 is 9.64 Å². The first-order chi connectivity index (χ1) is 20.5. The summed E-state index contributed by atoms with van der Waals surface area (Å²) >= 11 is 0. The third-order valence-electron chi connectivity index (χ3n) is 8.19. The van der Waals surface area contributed by atoms with E-state index in [4.69, 9.17) is 4.74 Å². The summed E-state index contributed by atoms with van der Waals surface area (Å²) in [4.78, 5) is 82.2. The van der Waals surface area contributed by atoms with Gasteiger partial charge in [-0.15, -0.1) is 0 Å². The van der Waals surface area contributed by atoms with Gasteiger partial charge in [-0.2, -0.15) is 0 Å². The van der Waals surface area contributed by atoms with Crippen LogP contribution in [0.5, 0.6) is 0 Å². The Morgan fingerprint density at radius 3 is 1.58 bits per heavy atom. The Kier molecular flexibility index (Phi) is 8.48. The van der Waals surface area contributed by atoms with Gasteiger partial charge in [0.15, 0.2) is 0 Å². The van der Waals surface area contributed by atoms with Crippen LogP contribution in [-0.4, -0.2) is 81.5 Å². The number of ether oxygens (including phenoxy) is 1. The van der Waals surface area contributed by atoms with Gasteiger partial charge in [-0.05, 0) is 83.6 Å². The zero-order valence-corrected chi connectivity index (χ0v) is 24.8. The van der Waals surface area contributed by atoms with Crippen LogP contribution in [0.2, 0.25) is 0 Å². The zero-order chi connectivity index (χ0) is 30.9. The first kappa shape index (κ1) is 30.1. The lowest BCUT2D eigenvalue weighted by Gasteiger charge is -2.30. The van der Waals surface area contributed by atoms with E-state index in [0.29, 0.717) is 67.3 Å². The van der Waals surface area contributed by atoms with Gasteiger partial charge in [0.2, 0.25) is 5.91 Å². The van der Waals surface area contributed by atoms with Crippen LogP contribution in [0.15, 0.2) is 48.5 Å². The van der Waals surface area contributed by atoms with Crippen LogP contribution in [0, 0.1) is 5.92 Å². The molecule has 0 saturated carbocycles. The monoisotopic (exact) mass is 587 g/mol. The molecule has 1 saturated heterocycles. The molecule has 10 heteroatoms. The lowest BCUT2D eigenvalue weighted by atomic mass is 9.95.